The fourth-order valence-corrected chi connectivity index (χ4v) is 1.80. The van der Waals surface area contributed by atoms with E-state index in [1.165, 1.54) is 16.7 Å². The van der Waals surface area contributed by atoms with E-state index < -0.39 is 0 Å². The Labute approximate surface area is 91.6 Å². The average molecular weight is 199 g/mol. The van der Waals surface area contributed by atoms with E-state index in [1.807, 2.05) is 12.4 Å². The highest BCUT2D eigenvalue weighted by Gasteiger charge is 2.04. The first-order chi connectivity index (χ1) is 7.27. The molecule has 0 atom stereocenters. The number of rotatable bonds is 2. The van der Waals surface area contributed by atoms with Crippen LogP contribution in [0, 0.1) is 0 Å². The van der Waals surface area contributed by atoms with Crippen molar-refractivity contribution in [2.24, 2.45) is 4.99 Å². The van der Waals surface area contributed by atoms with Crippen molar-refractivity contribution in [3.05, 3.63) is 41.6 Å². The molecule has 1 nitrogen and oxygen atoms in total. The maximum absolute atomic E-state index is 4.21. The molecule has 15 heavy (non-hydrogen) atoms. The second kappa shape index (κ2) is 4.43. The third kappa shape index (κ3) is 2.35. The fourth-order valence-electron chi connectivity index (χ4n) is 1.80. The second-order valence-electron chi connectivity index (χ2n) is 4.30. The molecule has 2 rings (SSSR count). The Balaban J connectivity index is 2.23. The monoisotopic (exact) mass is 199 g/mol. The molecule has 1 aliphatic heterocycles. The van der Waals surface area contributed by atoms with Gasteiger partial charge < -0.3 is 0 Å². The summed E-state index contributed by atoms with van der Waals surface area (Å²) in [5.41, 5.74) is 4.07. The van der Waals surface area contributed by atoms with Crippen molar-refractivity contribution in [1.29, 1.82) is 0 Å². The predicted molar refractivity (Wildman–Crippen MR) is 66.2 cm³/mol. The molecule has 0 spiro atoms. The molecule has 0 saturated carbocycles. The fraction of sp³-hybridized carbons (Fsp3) is 0.357. The van der Waals surface area contributed by atoms with Gasteiger partial charge in [0.15, 0.2) is 0 Å². The zero-order valence-electron chi connectivity index (χ0n) is 9.40. The van der Waals surface area contributed by atoms with Crippen LogP contribution in [-0.4, -0.2) is 6.21 Å². The number of allylic oxidation sites excluding steroid dienone is 1. The standard InChI is InChI=1S/C14H17N/c1-11(2)12-5-7-13(8-6-12)14-4-3-9-15-10-14/h5-11H,3-4H2,1-2H3. The van der Waals surface area contributed by atoms with Crippen LogP contribution in [0.5, 0.6) is 0 Å². The highest BCUT2D eigenvalue weighted by molar-refractivity contribution is 5.73. The van der Waals surface area contributed by atoms with Crippen molar-refractivity contribution in [3.63, 3.8) is 0 Å². The highest BCUT2D eigenvalue weighted by Crippen LogP contribution is 2.24. The van der Waals surface area contributed by atoms with Gasteiger partial charge in [-0.05, 0) is 35.5 Å². The molecule has 0 bridgehead atoms. The lowest BCUT2D eigenvalue weighted by molar-refractivity contribution is 0.866. The molecule has 0 amide bonds. The van der Waals surface area contributed by atoms with Crippen molar-refractivity contribution in [1.82, 2.24) is 0 Å². The molecule has 78 valence electrons. The van der Waals surface area contributed by atoms with Crippen LogP contribution >= 0.6 is 0 Å². The van der Waals surface area contributed by atoms with Crippen LogP contribution in [0.25, 0.3) is 5.57 Å². The molecule has 0 saturated heterocycles. The number of benzene rings is 1. The van der Waals surface area contributed by atoms with Crippen molar-refractivity contribution in [2.45, 2.75) is 32.6 Å². The summed E-state index contributed by atoms with van der Waals surface area (Å²) in [4.78, 5) is 4.21. The molecule has 1 heterocycles. The lowest BCUT2D eigenvalue weighted by Crippen LogP contribution is -1.92. The molecule has 0 aromatic heterocycles. The van der Waals surface area contributed by atoms with E-state index in [0.29, 0.717) is 5.92 Å². The van der Waals surface area contributed by atoms with Gasteiger partial charge in [-0.3, -0.25) is 4.99 Å². The van der Waals surface area contributed by atoms with Crippen LogP contribution in [0.3, 0.4) is 0 Å². The van der Waals surface area contributed by atoms with Crippen molar-refractivity contribution < 1.29 is 0 Å². The summed E-state index contributed by atoms with van der Waals surface area (Å²) in [6.45, 7) is 4.44. The first-order valence-corrected chi connectivity index (χ1v) is 5.58. The van der Waals surface area contributed by atoms with Crippen molar-refractivity contribution in [3.8, 4) is 0 Å². The van der Waals surface area contributed by atoms with Crippen LogP contribution in [-0.2, 0) is 0 Å². The maximum Gasteiger partial charge on any atom is 0.0302 e. The van der Waals surface area contributed by atoms with E-state index in [4.69, 9.17) is 0 Å². The van der Waals surface area contributed by atoms with Gasteiger partial charge in [-0.1, -0.05) is 38.1 Å². The lowest BCUT2D eigenvalue weighted by Gasteiger charge is -2.10. The normalized spacial score (nSPS) is 15.5. The third-order valence-electron chi connectivity index (χ3n) is 2.83. The summed E-state index contributed by atoms with van der Waals surface area (Å²) in [6.07, 6.45) is 6.14. The average Bonchev–Trinajstić information content (AvgIpc) is 2.30. The molecule has 1 aromatic carbocycles. The number of hydrogen-bond acceptors (Lipinski definition) is 1. The summed E-state index contributed by atoms with van der Waals surface area (Å²) in [6, 6.07) is 8.86. The number of hydrogen-bond donors (Lipinski definition) is 0. The van der Waals surface area contributed by atoms with E-state index >= 15 is 0 Å². The Hall–Kier alpha value is -1.37. The molecule has 0 aliphatic carbocycles. The van der Waals surface area contributed by atoms with Gasteiger partial charge in [0.1, 0.15) is 0 Å². The quantitative estimate of drug-likeness (QED) is 0.682. The SMILES string of the molecule is CC(C)c1ccc(C2=CN=CCC2)cc1. The minimum absolute atomic E-state index is 0.609. The topological polar surface area (TPSA) is 12.4 Å². The van der Waals surface area contributed by atoms with Crippen LogP contribution < -0.4 is 0 Å². The van der Waals surface area contributed by atoms with Crippen LogP contribution in [0.2, 0.25) is 0 Å². The number of nitrogens with zero attached hydrogens (tertiary/aromatic N) is 1. The molecule has 1 aromatic rings. The Bertz CT molecular complexity index is 382. The minimum atomic E-state index is 0.609. The largest absolute Gasteiger partial charge is 0.269 e. The van der Waals surface area contributed by atoms with Gasteiger partial charge in [0.25, 0.3) is 0 Å². The lowest BCUT2D eigenvalue weighted by atomic mass is 9.97. The van der Waals surface area contributed by atoms with Gasteiger partial charge in [-0.2, -0.15) is 0 Å². The van der Waals surface area contributed by atoms with Gasteiger partial charge in [-0.25, -0.2) is 0 Å². The number of aliphatic imine (C=N–C) groups is 1. The van der Waals surface area contributed by atoms with E-state index in [-0.39, 0.29) is 0 Å². The molecule has 0 fully saturated rings. The summed E-state index contributed by atoms with van der Waals surface area (Å²) in [5.74, 6) is 0.609. The molecule has 0 unspecified atom stereocenters. The van der Waals surface area contributed by atoms with E-state index in [9.17, 15) is 0 Å². The predicted octanol–water partition coefficient (Wildman–Crippen LogP) is 4.02. The zero-order chi connectivity index (χ0) is 10.7. The minimum Gasteiger partial charge on any atom is -0.269 e. The summed E-state index contributed by atoms with van der Waals surface area (Å²) in [7, 11) is 0. The summed E-state index contributed by atoms with van der Waals surface area (Å²) >= 11 is 0. The van der Waals surface area contributed by atoms with Gasteiger partial charge in [0.2, 0.25) is 0 Å². The van der Waals surface area contributed by atoms with Gasteiger partial charge >= 0.3 is 0 Å². The summed E-state index contributed by atoms with van der Waals surface area (Å²) in [5, 5.41) is 0. The highest BCUT2D eigenvalue weighted by atomic mass is 14.7. The van der Waals surface area contributed by atoms with Crippen LogP contribution in [0.1, 0.15) is 43.7 Å². The van der Waals surface area contributed by atoms with Gasteiger partial charge in [-0.15, -0.1) is 0 Å². The van der Waals surface area contributed by atoms with Crippen LogP contribution in [0.4, 0.5) is 0 Å². The van der Waals surface area contributed by atoms with Gasteiger partial charge in [0, 0.05) is 12.4 Å². The smallest absolute Gasteiger partial charge is 0.0302 e. The van der Waals surface area contributed by atoms with Crippen molar-refractivity contribution in [2.75, 3.05) is 0 Å². The van der Waals surface area contributed by atoms with Gasteiger partial charge in [0.05, 0.1) is 0 Å². The molecular weight excluding hydrogens is 182 g/mol. The van der Waals surface area contributed by atoms with E-state index in [2.05, 4.69) is 43.1 Å². The molecule has 0 N–H and O–H groups in total. The first kappa shape index (κ1) is 10.2. The maximum atomic E-state index is 4.21. The third-order valence-corrected chi connectivity index (χ3v) is 2.83. The van der Waals surface area contributed by atoms with Crippen LogP contribution in [0.15, 0.2) is 35.5 Å². The van der Waals surface area contributed by atoms with E-state index in [1.54, 1.807) is 0 Å². The molecule has 0 radical (unpaired) electrons. The Morgan fingerprint density at radius 3 is 2.40 bits per heavy atom. The second-order valence-corrected chi connectivity index (χ2v) is 4.30. The Morgan fingerprint density at radius 2 is 1.87 bits per heavy atom. The molecule has 1 aliphatic rings. The summed E-state index contributed by atoms with van der Waals surface area (Å²) < 4.78 is 0. The molecular formula is C14H17N. The molecule has 1 heteroatoms. The first-order valence-electron chi connectivity index (χ1n) is 5.58. The zero-order valence-corrected chi connectivity index (χ0v) is 9.40. The Morgan fingerprint density at radius 1 is 1.13 bits per heavy atom. The van der Waals surface area contributed by atoms with Crippen molar-refractivity contribution >= 4 is 11.8 Å². The Kier molecular flexibility index (Phi) is 3.00. The van der Waals surface area contributed by atoms with E-state index in [0.717, 1.165) is 12.8 Å².